The molecule has 1 aliphatic heterocycles. The van der Waals surface area contributed by atoms with Gasteiger partial charge in [-0.3, -0.25) is 4.57 Å². The van der Waals surface area contributed by atoms with Gasteiger partial charge in [-0.1, -0.05) is 13.3 Å². The molecule has 0 aliphatic carbocycles. The first-order valence-corrected chi connectivity index (χ1v) is 7.47. The third-order valence-electron chi connectivity index (χ3n) is 3.84. The van der Waals surface area contributed by atoms with Crippen LogP contribution in [0.2, 0.25) is 0 Å². The molecule has 0 saturated carbocycles. The lowest BCUT2D eigenvalue weighted by Crippen LogP contribution is -2.23. The first-order chi connectivity index (χ1) is 10.3. The van der Waals surface area contributed by atoms with Gasteiger partial charge in [-0.2, -0.15) is 15.0 Å². The van der Waals surface area contributed by atoms with E-state index in [1.807, 2.05) is 13.2 Å². The van der Waals surface area contributed by atoms with Gasteiger partial charge in [0, 0.05) is 32.5 Å². The summed E-state index contributed by atoms with van der Waals surface area (Å²) < 4.78 is 1.80. The number of anilines is 2. The second kappa shape index (κ2) is 6.07. The first kappa shape index (κ1) is 13.8. The molecule has 7 heteroatoms. The van der Waals surface area contributed by atoms with Crippen molar-refractivity contribution >= 4 is 11.9 Å². The van der Waals surface area contributed by atoms with Crippen LogP contribution in [0.5, 0.6) is 0 Å². The average Bonchev–Trinajstić information content (AvgIpc) is 3.18. The third kappa shape index (κ3) is 2.96. The van der Waals surface area contributed by atoms with Gasteiger partial charge in [0.05, 0.1) is 0 Å². The van der Waals surface area contributed by atoms with Crippen LogP contribution in [0.1, 0.15) is 26.2 Å². The first-order valence-electron chi connectivity index (χ1n) is 7.47. The topological polar surface area (TPSA) is 71.8 Å². The van der Waals surface area contributed by atoms with Gasteiger partial charge in [0.25, 0.3) is 0 Å². The lowest BCUT2D eigenvalue weighted by Gasteiger charge is -2.17. The van der Waals surface area contributed by atoms with Crippen molar-refractivity contribution in [1.29, 1.82) is 0 Å². The Morgan fingerprint density at radius 2 is 2.14 bits per heavy atom. The summed E-state index contributed by atoms with van der Waals surface area (Å²) in [5.41, 5.74) is 0. The normalized spacial score (nSPS) is 18.2. The van der Waals surface area contributed by atoms with E-state index >= 15 is 0 Å². The van der Waals surface area contributed by atoms with Crippen LogP contribution in [0.4, 0.5) is 11.9 Å². The van der Waals surface area contributed by atoms with E-state index in [1.54, 1.807) is 17.1 Å². The predicted octanol–water partition coefficient (Wildman–Crippen LogP) is 1.73. The predicted molar refractivity (Wildman–Crippen MR) is 81.7 cm³/mol. The molecule has 0 amide bonds. The molecule has 1 aliphatic rings. The van der Waals surface area contributed by atoms with Crippen molar-refractivity contribution in [3.8, 4) is 5.95 Å². The zero-order valence-electron chi connectivity index (χ0n) is 12.5. The molecule has 21 heavy (non-hydrogen) atoms. The van der Waals surface area contributed by atoms with E-state index in [4.69, 9.17) is 0 Å². The van der Waals surface area contributed by atoms with Crippen molar-refractivity contribution in [3.63, 3.8) is 0 Å². The van der Waals surface area contributed by atoms with Crippen LogP contribution in [-0.4, -0.2) is 44.6 Å². The fraction of sp³-hybridized carbons (Fsp3) is 0.571. The molecule has 1 atom stereocenters. The fourth-order valence-electron chi connectivity index (χ4n) is 2.76. The van der Waals surface area contributed by atoms with Gasteiger partial charge in [0.2, 0.25) is 17.8 Å². The zero-order chi connectivity index (χ0) is 14.7. The van der Waals surface area contributed by atoms with Crippen LogP contribution >= 0.6 is 0 Å². The number of hydrogen-bond acceptors (Lipinski definition) is 6. The lowest BCUT2D eigenvalue weighted by molar-refractivity contribution is 0.529. The highest BCUT2D eigenvalue weighted by Gasteiger charge is 2.24. The molecule has 1 saturated heterocycles. The number of hydrogen-bond donors (Lipinski definition) is 1. The fourth-order valence-corrected chi connectivity index (χ4v) is 2.76. The van der Waals surface area contributed by atoms with E-state index in [-0.39, 0.29) is 0 Å². The van der Waals surface area contributed by atoms with Crippen molar-refractivity contribution in [3.05, 3.63) is 18.7 Å². The van der Waals surface area contributed by atoms with Crippen molar-refractivity contribution in [2.75, 3.05) is 30.4 Å². The monoisotopic (exact) mass is 287 g/mol. The Labute approximate surface area is 124 Å². The third-order valence-corrected chi connectivity index (χ3v) is 3.84. The summed E-state index contributed by atoms with van der Waals surface area (Å²) >= 11 is 0. The molecule has 112 valence electrons. The van der Waals surface area contributed by atoms with Gasteiger partial charge in [-0.15, -0.1) is 0 Å². The smallest absolute Gasteiger partial charge is 0.241 e. The molecule has 2 aromatic heterocycles. The largest absolute Gasteiger partial charge is 0.357 e. The van der Waals surface area contributed by atoms with Crippen LogP contribution in [0.15, 0.2) is 18.7 Å². The minimum Gasteiger partial charge on any atom is -0.357 e. The Morgan fingerprint density at radius 3 is 2.86 bits per heavy atom. The molecule has 1 N–H and O–H groups in total. The Kier molecular flexibility index (Phi) is 3.98. The van der Waals surface area contributed by atoms with E-state index in [0.29, 0.717) is 11.9 Å². The maximum absolute atomic E-state index is 4.59. The molecule has 1 unspecified atom stereocenters. The van der Waals surface area contributed by atoms with Gasteiger partial charge in [0.1, 0.15) is 6.33 Å². The number of aromatic nitrogens is 5. The molecule has 0 aromatic carbocycles. The summed E-state index contributed by atoms with van der Waals surface area (Å²) in [7, 11) is 1.82. The minimum absolute atomic E-state index is 0.586. The quantitative estimate of drug-likeness (QED) is 0.903. The Bertz CT molecular complexity index is 581. The zero-order valence-corrected chi connectivity index (χ0v) is 12.5. The maximum Gasteiger partial charge on any atom is 0.241 e. The SMILES string of the molecule is CCCC1CCN(c2nc(NC)nc(-n3ccnc3)n2)C1. The van der Waals surface area contributed by atoms with Crippen molar-refractivity contribution in [2.45, 2.75) is 26.2 Å². The van der Waals surface area contributed by atoms with Gasteiger partial charge in [-0.25, -0.2) is 4.98 Å². The number of nitrogens with one attached hydrogen (secondary N) is 1. The number of imidazole rings is 1. The Hall–Kier alpha value is -2.18. The summed E-state index contributed by atoms with van der Waals surface area (Å²) in [6.45, 7) is 4.29. The van der Waals surface area contributed by atoms with Crippen molar-refractivity contribution in [2.24, 2.45) is 5.92 Å². The summed E-state index contributed by atoms with van der Waals surface area (Å²) in [4.78, 5) is 19.8. The summed E-state index contributed by atoms with van der Waals surface area (Å²) in [6.07, 6.45) is 8.97. The molecule has 2 aromatic rings. The molecular formula is C14H21N7. The van der Waals surface area contributed by atoms with Gasteiger partial charge < -0.3 is 10.2 Å². The van der Waals surface area contributed by atoms with E-state index in [9.17, 15) is 0 Å². The van der Waals surface area contributed by atoms with Crippen LogP contribution < -0.4 is 10.2 Å². The van der Waals surface area contributed by atoms with Gasteiger partial charge in [-0.05, 0) is 18.8 Å². The molecular weight excluding hydrogens is 266 g/mol. The van der Waals surface area contributed by atoms with Gasteiger partial charge >= 0.3 is 0 Å². The highest BCUT2D eigenvalue weighted by molar-refractivity contribution is 5.40. The molecule has 1 fully saturated rings. The molecule has 3 rings (SSSR count). The highest BCUT2D eigenvalue weighted by Crippen LogP contribution is 2.25. The second-order valence-electron chi connectivity index (χ2n) is 5.37. The Morgan fingerprint density at radius 1 is 1.29 bits per heavy atom. The van der Waals surface area contributed by atoms with Crippen LogP contribution in [0, 0.1) is 5.92 Å². The summed E-state index contributed by atoms with van der Waals surface area (Å²) in [6, 6.07) is 0. The summed E-state index contributed by atoms with van der Waals surface area (Å²) in [5, 5.41) is 3.01. The van der Waals surface area contributed by atoms with E-state index in [0.717, 1.165) is 25.0 Å². The van der Waals surface area contributed by atoms with Gasteiger partial charge in [0.15, 0.2) is 0 Å². The maximum atomic E-state index is 4.59. The van der Waals surface area contributed by atoms with Crippen molar-refractivity contribution < 1.29 is 0 Å². The number of nitrogens with zero attached hydrogens (tertiary/aromatic N) is 6. The molecule has 7 nitrogen and oxygen atoms in total. The second-order valence-corrected chi connectivity index (χ2v) is 5.37. The standard InChI is InChI=1S/C14H21N7/c1-3-4-11-5-7-20(9-11)13-17-12(15-2)18-14(19-13)21-8-6-16-10-21/h6,8,10-11H,3-5,7,9H2,1-2H3,(H,15,17,18,19). The minimum atomic E-state index is 0.586. The van der Waals surface area contributed by atoms with E-state index < -0.39 is 0 Å². The van der Waals surface area contributed by atoms with Crippen LogP contribution in [0.3, 0.4) is 0 Å². The van der Waals surface area contributed by atoms with Crippen LogP contribution in [-0.2, 0) is 0 Å². The average molecular weight is 287 g/mol. The van der Waals surface area contributed by atoms with E-state index in [1.165, 1.54) is 19.3 Å². The Balaban J connectivity index is 1.87. The van der Waals surface area contributed by atoms with E-state index in [2.05, 4.69) is 37.1 Å². The molecule has 0 bridgehead atoms. The molecule has 3 heterocycles. The number of rotatable bonds is 5. The van der Waals surface area contributed by atoms with Crippen LogP contribution in [0.25, 0.3) is 5.95 Å². The lowest BCUT2D eigenvalue weighted by atomic mass is 10.0. The molecule has 0 spiro atoms. The highest BCUT2D eigenvalue weighted by atomic mass is 15.3. The molecule has 0 radical (unpaired) electrons. The van der Waals surface area contributed by atoms with Crippen molar-refractivity contribution in [1.82, 2.24) is 24.5 Å². The summed E-state index contributed by atoms with van der Waals surface area (Å²) in [5.74, 6) is 2.68.